The van der Waals surface area contributed by atoms with Gasteiger partial charge in [-0.05, 0) is 31.5 Å². The molecule has 2 heterocycles. The Hall–Kier alpha value is -3.94. The van der Waals surface area contributed by atoms with Gasteiger partial charge in [0.15, 0.2) is 6.61 Å². The molecule has 0 saturated heterocycles. The van der Waals surface area contributed by atoms with Crippen molar-refractivity contribution < 1.29 is 41.8 Å². The lowest BCUT2D eigenvalue weighted by Crippen LogP contribution is -2.25. The van der Waals surface area contributed by atoms with E-state index in [-0.39, 0.29) is 33.1 Å². The van der Waals surface area contributed by atoms with Crippen LogP contribution >= 0.6 is 11.3 Å². The number of benzene rings is 1. The molecule has 198 valence electrons. The number of carbonyl (C=O) groups is 4. The van der Waals surface area contributed by atoms with E-state index < -0.39 is 48.9 Å². The van der Waals surface area contributed by atoms with Crippen molar-refractivity contribution in [1.29, 1.82) is 0 Å². The second-order valence-corrected chi connectivity index (χ2v) is 8.92. The number of amides is 2. The Morgan fingerprint density at radius 2 is 1.81 bits per heavy atom. The van der Waals surface area contributed by atoms with Crippen LogP contribution in [-0.2, 0) is 31.8 Å². The third kappa shape index (κ3) is 6.07. The second kappa shape index (κ2) is 11.0. The van der Waals surface area contributed by atoms with Gasteiger partial charge in [0.05, 0.1) is 28.1 Å². The predicted octanol–water partition coefficient (Wildman–Crippen LogP) is 3.49. The number of imidazole rings is 1. The van der Waals surface area contributed by atoms with E-state index in [0.29, 0.717) is 10.1 Å². The van der Waals surface area contributed by atoms with Crippen molar-refractivity contribution in [3.05, 3.63) is 46.1 Å². The summed E-state index contributed by atoms with van der Waals surface area (Å²) < 4.78 is 50.9. The van der Waals surface area contributed by atoms with Gasteiger partial charge >= 0.3 is 18.1 Å². The maximum Gasteiger partial charge on any atom is 0.449 e. The summed E-state index contributed by atoms with van der Waals surface area (Å²) in [6.45, 7) is 1.50. The van der Waals surface area contributed by atoms with E-state index in [9.17, 15) is 32.3 Å². The highest BCUT2D eigenvalue weighted by Gasteiger charge is 2.38. The van der Waals surface area contributed by atoms with Crippen LogP contribution in [-0.4, -0.2) is 65.5 Å². The Kier molecular flexibility index (Phi) is 8.21. The van der Waals surface area contributed by atoms with Gasteiger partial charge < -0.3 is 24.3 Å². The second-order valence-electron chi connectivity index (χ2n) is 7.90. The van der Waals surface area contributed by atoms with Gasteiger partial charge in [-0.1, -0.05) is 12.1 Å². The lowest BCUT2D eigenvalue weighted by Gasteiger charge is -2.11. The van der Waals surface area contributed by atoms with E-state index in [1.807, 2.05) is 0 Å². The monoisotopic (exact) mass is 540 g/mol. The fourth-order valence-corrected chi connectivity index (χ4v) is 4.63. The van der Waals surface area contributed by atoms with E-state index in [4.69, 9.17) is 9.47 Å². The van der Waals surface area contributed by atoms with E-state index in [1.165, 1.54) is 50.2 Å². The molecule has 0 spiro atoms. The van der Waals surface area contributed by atoms with E-state index in [2.05, 4.69) is 10.3 Å². The maximum atomic E-state index is 13.4. The van der Waals surface area contributed by atoms with Crippen LogP contribution in [0.25, 0.3) is 11.0 Å². The molecule has 14 heteroatoms. The lowest BCUT2D eigenvalue weighted by atomic mass is 10.1. The van der Waals surface area contributed by atoms with Gasteiger partial charge in [0, 0.05) is 14.1 Å². The number of halogens is 3. The first-order chi connectivity index (χ1) is 17.3. The average Bonchev–Trinajstić information content (AvgIpc) is 3.35. The van der Waals surface area contributed by atoms with Crippen LogP contribution in [0.15, 0.2) is 24.3 Å². The summed E-state index contributed by atoms with van der Waals surface area (Å²) in [5, 5.41) is 2.43. The molecule has 2 amide bonds. The molecule has 0 aliphatic heterocycles. The molecular formula is C23H23F3N4O6S. The number of hydrogen-bond donors (Lipinski definition) is 1. The van der Waals surface area contributed by atoms with Crippen molar-refractivity contribution in [2.45, 2.75) is 26.6 Å². The molecular weight excluding hydrogens is 517 g/mol. The van der Waals surface area contributed by atoms with Crippen LogP contribution in [0.4, 0.5) is 18.2 Å². The summed E-state index contributed by atoms with van der Waals surface area (Å²) in [5.74, 6) is -4.40. The number of carbonyl (C=O) groups excluding carboxylic acids is 4. The van der Waals surface area contributed by atoms with Crippen molar-refractivity contribution in [1.82, 2.24) is 14.5 Å². The summed E-state index contributed by atoms with van der Waals surface area (Å²) in [7, 11) is 3.05. The molecule has 0 aliphatic rings. The molecule has 0 bridgehead atoms. The number of fused-ring (bicyclic) bond motifs is 1. The Labute approximate surface area is 213 Å². The number of hydrogen-bond acceptors (Lipinski definition) is 8. The zero-order valence-corrected chi connectivity index (χ0v) is 21.1. The van der Waals surface area contributed by atoms with Crippen LogP contribution in [0.2, 0.25) is 0 Å². The standard InChI is InChI=1S/C23H23F3N4O6S/c1-5-35-21(34)17-12(2)18(20(33)29(3)4)37-19(17)28-15(31)11-36-16(32)10-30-14-9-7-6-8-13(14)27-22(30)23(24,25)26/h6-9H,5,10-11H2,1-4H3,(H,28,31). The zero-order chi connectivity index (χ0) is 27.5. The summed E-state index contributed by atoms with van der Waals surface area (Å²) >= 11 is 0.847. The zero-order valence-electron chi connectivity index (χ0n) is 20.3. The van der Waals surface area contributed by atoms with Gasteiger partial charge in [0.2, 0.25) is 5.82 Å². The summed E-state index contributed by atoms with van der Waals surface area (Å²) in [6.07, 6.45) is -4.82. The number of aromatic nitrogens is 2. The Morgan fingerprint density at radius 3 is 2.43 bits per heavy atom. The molecule has 0 saturated carbocycles. The van der Waals surface area contributed by atoms with Crippen molar-refractivity contribution in [2.24, 2.45) is 0 Å². The number of alkyl halides is 3. The molecule has 2 aromatic heterocycles. The Morgan fingerprint density at radius 1 is 1.14 bits per heavy atom. The topological polar surface area (TPSA) is 120 Å². The number of nitrogens with one attached hydrogen (secondary N) is 1. The minimum absolute atomic E-state index is 0.0159. The SMILES string of the molecule is CCOC(=O)c1c(NC(=O)COC(=O)Cn2c(C(F)(F)F)nc3ccccc32)sc(C(=O)N(C)C)c1C. The Balaban J connectivity index is 1.75. The average molecular weight is 541 g/mol. The molecule has 0 fully saturated rings. The molecule has 0 radical (unpaired) electrons. The van der Waals surface area contributed by atoms with Gasteiger partial charge in [-0.2, -0.15) is 13.2 Å². The number of para-hydroxylation sites is 2. The van der Waals surface area contributed by atoms with Crippen molar-refractivity contribution in [2.75, 3.05) is 32.6 Å². The van der Waals surface area contributed by atoms with Crippen LogP contribution in [0.1, 0.15) is 38.3 Å². The maximum absolute atomic E-state index is 13.4. The van der Waals surface area contributed by atoms with Crippen molar-refractivity contribution >= 4 is 51.1 Å². The van der Waals surface area contributed by atoms with Gasteiger partial charge in [-0.15, -0.1) is 11.3 Å². The highest BCUT2D eigenvalue weighted by atomic mass is 32.1. The highest BCUT2D eigenvalue weighted by Crippen LogP contribution is 2.34. The molecule has 0 unspecified atom stereocenters. The minimum atomic E-state index is -4.82. The minimum Gasteiger partial charge on any atom is -0.462 e. The number of ether oxygens (including phenoxy) is 2. The predicted molar refractivity (Wildman–Crippen MR) is 127 cm³/mol. The number of anilines is 1. The quantitative estimate of drug-likeness (QED) is 0.435. The third-order valence-electron chi connectivity index (χ3n) is 5.04. The van der Waals surface area contributed by atoms with Gasteiger partial charge in [-0.3, -0.25) is 14.4 Å². The van der Waals surface area contributed by atoms with Crippen LogP contribution in [0.3, 0.4) is 0 Å². The first kappa shape index (κ1) is 27.6. The van der Waals surface area contributed by atoms with Crippen LogP contribution in [0, 0.1) is 6.92 Å². The number of thiophene rings is 1. The lowest BCUT2D eigenvalue weighted by molar-refractivity contribution is -0.152. The number of esters is 2. The first-order valence-corrected chi connectivity index (χ1v) is 11.7. The normalized spacial score (nSPS) is 11.3. The van der Waals surface area contributed by atoms with E-state index in [1.54, 1.807) is 6.92 Å². The van der Waals surface area contributed by atoms with E-state index >= 15 is 0 Å². The summed E-state index contributed by atoms with van der Waals surface area (Å²) in [5.41, 5.74) is 0.406. The fraction of sp³-hybridized carbons (Fsp3) is 0.348. The van der Waals surface area contributed by atoms with Gasteiger partial charge in [-0.25, -0.2) is 9.78 Å². The molecule has 3 aromatic rings. The first-order valence-electron chi connectivity index (χ1n) is 10.8. The van der Waals surface area contributed by atoms with Crippen LogP contribution in [0.5, 0.6) is 0 Å². The van der Waals surface area contributed by atoms with Gasteiger partial charge in [0.25, 0.3) is 11.8 Å². The van der Waals surface area contributed by atoms with E-state index in [0.717, 1.165) is 11.3 Å². The van der Waals surface area contributed by atoms with Gasteiger partial charge in [0.1, 0.15) is 11.5 Å². The van der Waals surface area contributed by atoms with Crippen molar-refractivity contribution in [3.63, 3.8) is 0 Å². The molecule has 0 atom stereocenters. The fourth-order valence-electron chi connectivity index (χ4n) is 3.39. The molecule has 10 nitrogen and oxygen atoms in total. The van der Waals surface area contributed by atoms with Crippen molar-refractivity contribution in [3.8, 4) is 0 Å². The summed E-state index contributed by atoms with van der Waals surface area (Å²) in [4.78, 5) is 54.8. The molecule has 37 heavy (non-hydrogen) atoms. The third-order valence-corrected chi connectivity index (χ3v) is 6.23. The number of nitrogens with zero attached hydrogens (tertiary/aromatic N) is 3. The largest absolute Gasteiger partial charge is 0.462 e. The summed E-state index contributed by atoms with van der Waals surface area (Å²) in [6, 6.07) is 5.76. The smallest absolute Gasteiger partial charge is 0.449 e. The molecule has 3 rings (SSSR count). The highest BCUT2D eigenvalue weighted by molar-refractivity contribution is 7.18. The Bertz CT molecular complexity index is 1360. The van der Waals surface area contributed by atoms with Crippen LogP contribution < -0.4 is 5.32 Å². The molecule has 1 N–H and O–H groups in total. The number of rotatable bonds is 8. The molecule has 0 aliphatic carbocycles. The molecule has 1 aromatic carbocycles.